The van der Waals surface area contributed by atoms with Crippen molar-refractivity contribution in [2.75, 3.05) is 31.9 Å². The van der Waals surface area contributed by atoms with Gasteiger partial charge < -0.3 is 11.1 Å². The van der Waals surface area contributed by atoms with E-state index in [-0.39, 0.29) is 30.9 Å². The number of anilines is 1. The van der Waals surface area contributed by atoms with Crippen molar-refractivity contribution >= 4 is 62.4 Å². The summed E-state index contributed by atoms with van der Waals surface area (Å²) in [5, 5.41) is 3.36. The second-order valence-corrected chi connectivity index (χ2v) is 6.13. The molecule has 3 nitrogen and oxygen atoms in total. The molecule has 1 aromatic rings. The van der Waals surface area contributed by atoms with Gasteiger partial charge in [-0.25, -0.2) is 0 Å². The second kappa shape index (κ2) is 9.28. The van der Waals surface area contributed by atoms with E-state index in [1.54, 1.807) is 0 Å². The van der Waals surface area contributed by atoms with Crippen LogP contribution in [0.15, 0.2) is 33.7 Å². The first kappa shape index (κ1) is 20.2. The minimum absolute atomic E-state index is 0. The molecule has 0 unspecified atom stereocenters. The summed E-state index contributed by atoms with van der Waals surface area (Å²) in [7, 11) is 0. The van der Waals surface area contributed by atoms with Crippen LogP contribution in [0.25, 0.3) is 0 Å². The maximum atomic E-state index is 6.18. The highest BCUT2D eigenvalue weighted by Crippen LogP contribution is 2.35. The Morgan fingerprint density at radius 2 is 1.85 bits per heavy atom. The SMILES string of the molecule is C=C[C@H](c1cc(Br)cc(Br)c1N)N1CCNCC1.Cl.Cl. The van der Waals surface area contributed by atoms with Gasteiger partial charge in [0.15, 0.2) is 0 Å². The van der Waals surface area contributed by atoms with Crippen LogP contribution in [0, 0.1) is 0 Å². The number of hydrogen-bond acceptors (Lipinski definition) is 3. The molecule has 2 rings (SSSR count). The van der Waals surface area contributed by atoms with Crippen LogP contribution in [0.4, 0.5) is 5.69 Å². The summed E-state index contributed by atoms with van der Waals surface area (Å²) >= 11 is 7.02. The number of halogens is 4. The van der Waals surface area contributed by atoms with Gasteiger partial charge in [-0.1, -0.05) is 22.0 Å². The van der Waals surface area contributed by atoms with Crippen LogP contribution in [0.3, 0.4) is 0 Å². The van der Waals surface area contributed by atoms with Gasteiger partial charge in [0.2, 0.25) is 0 Å². The minimum Gasteiger partial charge on any atom is -0.398 e. The lowest BCUT2D eigenvalue weighted by atomic mass is 10.0. The van der Waals surface area contributed by atoms with E-state index in [2.05, 4.69) is 54.7 Å². The van der Waals surface area contributed by atoms with Gasteiger partial charge in [-0.05, 0) is 33.6 Å². The van der Waals surface area contributed by atoms with Crippen LogP contribution in [0.5, 0.6) is 0 Å². The van der Waals surface area contributed by atoms with Crippen molar-refractivity contribution in [2.45, 2.75) is 6.04 Å². The Hall–Kier alpha value is 0.220. The van der Waals surface area contributed by atoms with Crippen LogP contribution < -0.4 is 11.1 Å². The molecule has 114 valence electrons. The lowest BCUT2D eigenvalue weighted by Gasteiger charge is -2.34. The molecular weight excluding hydrogens is 429 g/mol. The molecule has 0 aliphatic carbocycles. The number of piperazine rings is 1. The van der Waals surface area contributed by atoms with Gasteiger partial charge in [-0.2, -0.15) is 0 Å². The first-order valence-corrected chi connectivity index (χ1v) is 7.54. The van der Waals surface area contributed by atoms with Gasteiger partial charge in [-0.3, -0.25) is 4.90 Å². The molecule has 3 N–H and O–H groups in total. The van der Waals surface area contributed by atoms with Crippen LogP contribution in [0.1, 0.15) is 11.6 Å². The third-order valence-corrected chi connectivity index (χ3v) is 4.33. The summed E-state index contributed by atoms with van der Waals surface area (Å²) in [6, 6.07) is 4.21. The first-order valence-electron chi connectivity index (χ1n) is 5.95. The highest BCUT2D eigenvalue weighted by molar-refractivity contribution is 9.11. The van der Waals surface area contributed by atoms with E-state index >= 15 is 0 Å². The Bertz CT molecular complexity index is 451. The van der Waals surface area contributed by atoms with Gasteiger partial charge in [0.05, 0.1) is 11.7 Å². The number of nitrogens with zero attached hydrogens (tertiary/aromatic N) is 1. The van der Waals surface area contributed by atoms with Crippen molar-refractivity contribution in [1.82, 2.24) is 10.2 Å². The third kappa shape index (κ3) is 4.61. The normalized spacial score (nSPS) is 16.7. The van der Waals surface area contributed by atoms with E-state index in [0.717, 1.165) is 46.4 Å². The fourth-order valence-electron chi connectivity index (χ4n) is 2.28. The molecule has 1 aromatic carbocycles. The summed E-state index contributed by atoms with van der Waals surface area (Å²) < 4.78 is 1.95. The number of rotatable bonds is 3. The monoisotopic (exact) mass is 445 g/mol. The zero-order valence-corrected chi connectivity index (χ0v) is 15.7. The Labute approximate surface area is 149 Å². The lowest BCUT2D eigenvalue weighted by Crippen LogP contribution is -2.44. The Balaban J connectivity index is 0.00000180. The molecule has 1 aliphatic rings. The molecule has 0 saturated carbocycles. The first-order chi connectivity index (χ1) is 8.63. The zero-order valence-electron chi connectivity index (χ0n) is 10.9. The molecule has 1 saturated heterocycles. The molecule has 0 bridgehead atoms. The number of nitrogens with two attached hydrogens (primary N) is 1. The Kier molecular flexibility index (Phi) is 9.38. The molecule has 1 aliphatic heterocycles. The van der Waals surface area contributed by atoms with E-state index in [0.29, 0.717) is 0 Å². The average molecular weight is 448 g/mol. The zero-order chi connectivity index (χ0) is 13.1. The maximum absolute atomic E-state index is 6.18. The quantitative estimate of drug-likeness (QED) is 0.547. The molecule has 1 heterocycles. The van der Waals surface area contributed by atoms with Crippen LogP contribution in [-0.4, -0.2) is 31.1 Å². The van der Waals surface area contributed by atoms with Crippen molar-refractivity contribution in [3.63, 3.8) is 0 Å². The van der Waals surface area contributed by atoms with E-state index in [9.17, 15) is 0 Å². The predicted molar refractivity (Wildman–Crippen MR) is 98.1 cm³/mol. The fraction of sp³-hybridized carbons (Fsp3) is 0.385. The smallest absolute Gasteiger partial charge is 0.0551 e. The lowest BCUT2D eigenvalue weighted by molar-refractivity contribution is 0.204. The maximum Gasteiger partial charge on any atom is 0.0551 e. The number of benzene rings is 1. The molecule has 1 fully saturated rings. The van der Waals surface area contributed by atoms with E-state index < -0.39 is 0 Å². The molecule has 20 heavy (non-hydrogen) atoms. The van der Waals surface area contributed by atoms with Crippen molar-refractivity contribution < 1.29 is 0 Å². The predicted octanol–water partition coefficient (Wildman–Crippen LogP) is 3.77. The number of nitrogens with one attached hydrogen (secondary N) is 1. The Morgan fingerprint density at radius 1 is 1.25 bits per heavy atom. The molecule has 1 atom stereocenters. The summed E-state index contributed by atoms with van der Waals surface area (Å²) in [6.07, 6.45) is 1.97. The largest absolute Gasteiger partial charge is 0.398 e. The van der Waals surface area contributed by atoms with Crippen LogP contribution >= 0.6 is 56.7 Å². The van der Waals surface area contributed by atoms with Gasteiger partial charge in [0.25, 0.3) is 0 Å². The summed E-state index contributed by atoms with van der Waals surface area (Å²) in [6.45, 7) is 8.02. The number of nitrogen functional groups attached to an aromatic ring is 1. The second-order valence-electron chi connectivity index (χ2n) is 4.36. The Morgan fingerprint density at radius 3 is 2.40 bits per heavy atom. The molecule has 0 amide bonds. The van der Waals surface area contributed by atoms with Gasteiger partial charge in [-0.15, -0.1) is 31.4 Å². The molecule has 0 aromatic heterocycles. The highest BCUT2D eigenvalue weighted by Gasteiger charge is 2.22. The molecule has 0 radical (unpaired) electrons. The summed E-state index contributed by atoms with van der Waals surface area (Å²) in [4.78, 5) is 2.40. The molecular formula is C13H19Br2Cl2N3. The highest BCUT2D eigenvalue weighted by atomic mass is 79.9. The van der Waals surface area contributed by atoms with E-state index in [4.69, 9.17) is 5.73 Å². The summed E-state index contributed by atoms with van der Waals surface area (Å²) in [5.41, 5.74) is 8.07. The topological polar surface area (TPSA) is 41.3 Å². The van der Waals surface area contributed by atoms with E-state index in [1.165, 1.54) is 0 Å². The molecule has 7 heteroatoms. The van der Waals surface area contributed by atoms with Crippen LogP contribution in [0.2, 0.25) is 0 Å². The minimum atomic E-state index is 0. The van der Waals surface area contributed by atoms with Gasteiger partial charge in [0.1, 0.15) is 0 Å². The summed E-state index contributed by atoms with van der Waals surface area (Å²) in [5.74, 6) is 0. The fourth-order valence-corrected chi connectivity index (χ4v) is 3.54. The van der Waals surface area contributed by atoms with Gasteiger partial charge in [0, 0.05) is 35.1 Å². The number of hydrogen-bond donors (Lipinski definition) is 2. The van der Waals surface area contributed by atoms with Crippen molar-refractivity contribution in [3.05, 3.63) is 39.3 Å². The van der Waals surface area contributed by atoms with Crippen molar-refractivity contribution in [3.8, 4) is 0 Å². The molecule has 0 spiro atoms. The van der Waals surface area contributed by atoms with Gasteiger partial charge >= 0.3 is 0 Å². The third-order valence-electron chi connectivity index (χ3n) is 3.21. The van der Waals surface area contributed by atoms with E-state index in [1.807, 2.05) is 12.1 Å². The van der Waals surface area contributed by atoms with Crippen molar-refractivity contribution in [2.24, 2.45) is 0 Å². The van der Waals surface area contributed by atoms with Crippen molar-refractivity contribution in [1.29, 1.82) is 0 Å². The standard InChI is InChI=1S/C13H17Br2N3.2ClH/c1-2-12(18-5-3-17-4-6-18)10-7-9(14)8-11(15)13(10)16;;/h2,7-8,12,17H,1,3-6,16H2;2*1H/t12-;;/m1../s1. The average Bonchev–Trinajstić information content (AvgIpc) is 2.37. The van der Waals surface area contributed by atoms with Crippen LogP contribution in [-0.2, 0) is 0 Å².